The molecule has 0 fully saturated rings. The number of hydrogen-bond acceptors (Lipinski definition) is 2. The molecule has 1 atom stereocenters. The van der Waals surface area contributed by atoms with Crippen molar-refractivity contribution in [1.82, 2.24) is 15.4 Å². The molecule has 0 bridgehead atoms. The molecule has 0 saturated heterocycles. The average molecular weight is 404 g/mol. The molecular formula is C13H10Br2ClN3. The normalized spacial score (nSPS) is 12.1. The summed E-state index contributed by atoms with van der Waals surface area (Å²) in [5.74, 6) is 0. The van der Waals surface area contributed by atoms with E-state index in [9.17, 15) is 0 Å². The average Bonchev–Trinajstić information content (AvgIpc) is 2.86. The van der Waals surface area contributed by atoms with Crippen molar-refractivity contribution >= 4 is 55.5 Å². The Hall–Kier alpha value is -0.910. The van der Waals surface area contributed by atoms with Gasteiger partial charge in [0.1, 0.15) is 11.0 Å². The summed E-state index contributed by atoms with van der Waals surface area (Å²) in [6.07, 6.45) is 0. The van der Waals surface area contributed by atoms with Crippen molar-refractivity contribution in [3.05, 3.63) is 58.6 Å². The fraction of sp³-hybridized carbons (Fsp3) is 0.0769. The highest BCUT2D eigenvalue weighted by Gasteiger charge is 2.11. The van der Waals surface area contributed by atoms with Crippen LogP contribution in [0.4, 0.5) is 0 Å². The molecule has 3 aromatic rings. The molecule has 2 aromatic carbocycles. The van der Waals surface area contributed by atoms with Crippen molar-refractivity contribution in [2.45, 2.75) is 4.83 Å². The number of rotatable bonds is 2. The number of alkyl halides is 1. The van der Waals surface area contributed by atoms with Crippen LogP contribution in [0.15, 0.2) is 42.5 Å². The Morgan fingerprint density at radius 1 is 0.947 bits per heavy atom. The summed E-state index contributed by atoms with van der Waals surface area (Å²) in [6, 6.07) is 13.8. The van der Waals surface area contributed by atoms with Crippen molar-refractivity contribution in [2.75, 3.05) is 0 Å². The molecule has 0 radical (unpaired) electrons. The highest BCUT2D eigenvalue weighted by Crippen LogP contribution is 2.32. The largest absolute Gasteiger partial charge is 0.197 e. The summed E-state index contributed by atoms with van der Waals surface area (Å²) < 4.78 is 0. The number of halogens is 3. The van der Waals surface area contributed by atoms with Crippen LogP contribution in [0.1, 0.15) is 16.0 Å². The maximum Gasteiger partial charge on any atom is 0.113 e. The third-order valence-corrected chi connectivity index (χ3v) is 4.10. The molecule has 1 unspecified atom stereocenters. The van der Waals surface area contributed by atoms with Crippen molar-refractivity contribution in [2.24, 2.45) is 0 Å². The van der Waals surface area contributed by atoms with Crippen LogP contribution < -0.4 is 0 Å². The van der Waals surface area contributed by atoms with Gasteiger partial charge < -0.3 is 0 Å². The van der Waals surface area contributed by atoms with Crippen LogP contribution in [0.5, 0.6) is 0 Å². The second-order valence-electron chi connectivity index (χ2n) is 3.99. The van der Waals surface area contributed by atoms with Crippen LogP contribution >= 0.6 is 44.5 Å². The van der Waals surface area contributed by atoms with Crippen LogP contribution in [-0.2, 0) is 0 Å². The molecule has 0 aliphatic rings. The van der Waals surface area contributed by atoms with E-state index in [0.717, 1.165) is 27.2 Å². The Balaban J connectivity index is 0.00000133. The zero-order valence-electron chi connectivity index (χ0n) is 9.68. The molecule has 0 spiro atoms. The van der Waals surface area contributed by atoms with Crippen LogP contribution in [0.3, 0.4) is 0 Å². The van der Waals surface area contributed by atoms with Gasteiger partial charge in [0.25, 0.3) is 0 Å². The topological polar surface area (TPSA) is 41.6 Å². The molecule has 0 aliphatic heterocycles. The molecule has 98 valence electrons. The lowest BCUT2D eigenvalue weighted by Gasteiger charge is -2.10. The van der Waals surface area contributed by atoms with Gasteiger partial charge in [-0.05, 0) is 35.4 Å². The van der Waals surface area contributed by atoms with E-state index in [0.29, 0.717) is 0 Å². The second kappa shape index (κ2) is 6.03. The Kier molecular flexibility index (Phi) is 4.60. The maximum absolute atomic E-state index is 5.89. The smallest absolute Gasteiger partial charge is 0.113 e. The first-order valence-corrected chi connectivity index (χ1v) is 6.73. The number of aromatic amines is 1. The Morgan fingerprint density at radius 2 is 1.58 bits per heavy atom. The van der Waals surface area contributed by atoms with E-state index in [1.807, 2.05) is 42.5 Å². The molecule has 0 amide bonds. The van der Waals surface area contributed by atoms with Gasteiger partial charge in [0.05, 0.1) is 4.83 Å². The molecule has 3 rings (SSSR count). The van der Waals surface area contributed by atoms with E-state index in [-0.39, 0.29) is 21.8 Å². The predicted octanol–water partition coefficient (Wildman–Crippen LogP) is 4.67. The molecule has 0 aliphatic carbocycles. The van der Waals surface area contributed by atoms with Crippen molar-refractivity contribution < 1.29 is 0 Å². The van der Waals surface area contributed by atoms with E-state index in [4.69, 9.17) is 11.6 Å². The van der Waals surface area contributed by atoms with Crippen molar-refractivity contribution in [3.63, 3.8) is 0 Å². The standard InChI is InChI=1S/C13H9BrClN3.BrH/c14-13(8-1-4-10(15)5-2-8)9-3-6-11-12(7-9)17-18-16-11;/h1-7,13H,(H,16,17,18);1H. The van der Waals surface area contributed by atoms with Gasteiger partial charge >= 0.3 is 0 Å². The minimum absolute atomic E-state index is 0. The van der Waals surface area contributed by atoms with Crippen LogP contribution in [-0.4, -0.2) is 15.4 Å². The Morgan fingerprint density at radius 3 is 2.32 bits per heavy atom. The predicted molar refractivity (Wildman–Crippen MR) is 86.4 cm³/mol. The highest BCUT2D eigenvalue weighted by molar-refractivity contribution is 9.09. The van der Waals surface area contributed by atoms with Crippen molar-refractivity contribution in [3.8, 4) is 0 Å². The third-order valence-electron chi connectivity index (χ3n) is 2.80. The number of nitrogens with zero attached hydrogens (tertiary/aromatic N) is 2. The van der Waals surface area contributed by atoms with E-state index in [1.165, 1.54) is 0 Å². The summed E-state index contributed by atoms with van der Waals surface area (Å²) in [7, 11) is 0. The Bertz CT molecular complexity index is 682. The summed E-state index contributed by atoms with van der Waals surface area (Å²) >= 11 is 9.58. The zero-order chi connectivity index (χ0) is 12.5. The monoisotopic (exact) mass is 401 g/mol. The summed E-state index contributed by atoms with van der Waals surface area (Å²) in [5, 5.41) is 11.5. The molecule has 3 nitrogen and oxygen atoms in total. The van der Waals surface area contributed by atoms with Gasteiger partial charge in [-0.15, -0.1) is 17.0 Å². The lowest BCUT2D eigenvalue weighted by molar-refractivity contribution is 0.959. The molecule has 6 heteroatoms. The number of H-pyrrole nitrogens is 1. The van der Waals surface area contributed by atoms with E-state index in [2.05, 4.69) is 31.3 Å². The first kappa shape index (κ1) is 14.5. The molecule has 19 heavy (non-hydrogen) atoms. The SMILES string of the molecule is Br.Clc1ccc(C(Br)c2ccc3n[nH]nc3c2)cc1. The fourth-order valence-electron chi connectivity index (χ4n) is 1.84. The van der Waals surface area contributed by atoms with Gasteiger partial charge in [0.15, 0.2) is 0 Å². The number of hydrogen-bond donors (Lipinski definition) is 1. The van der Waals surface area contributed by atoms with Gasteiger partial charge in [-0.25, -0.2) is 0 Å². The van der Waals surface area contributed by atoms with Gasteiger partial charge in [-0.1, -0.05) is 45.7 Å². The van der Waals surface area contributed by atoms with Crippen molar-refractivity contribution in [1.29, 1.82) is 0 Å². The van der Waals surface area contributed by atoms with E-state index >= 15 is 0 Å². The van der Waals surface area contributed by atoms with Crippen LogP contribution in [0.25, 0.3) is 11.0 Å². The van der Waals surface area contributed by atoms with E-state index in [1.54, 1.807) is 0 Å². The summed E-state index contributed by atoms with van der Waals surface area (Å²) in [6.45, 7) is 0. The van der Waals surface area contributed by atoms with Gasteiger partial charge in [0.2, 0.25) is 0 Å². The fourth-order valence-corrected chi connectivity index (χ4v) is 2.56. The molecular weight excluding hydrogens is 393 g/mol. The minimum Gasteiger partial charge on any atom is -0.197 e. The van der Waals surface area contributed by atoms with Gasteiger partial charge in [0, 0.05) is 5.02 Å². The summed E-state index contributed by atoms with van der Waals surface area (Å²) in [5.41, 5.74) is 4.03. The van der Waals surface area contributed by atoms with Crippen LogP contribution in [0, 0.1) is 0 Å². The van der Waals surface area contributed by atoms with Gasteiger partial charge in [-0.2, -0.15) is 15.4 Å². The first-order valence-electron chi connectivity index (χ1n) is 5.44. The van der Waals surface area contributed by atoms with E-state index < -0.39 is 0 Å². The maximum atomic E-state index is 5.89. The lowest BCUT2D eigenvalue weighted by Crippen LogP contribution is -1.92. The zero-order valence-corrected chi connectivity index (χ0v) is 13.7. The Labute approximate surface area is 134 Å². The molecule has 1 aromatic heterocycles. The lowest BCUT2D eigenvalue weighted by atomic mass is 10.0. The van der Waals surface area contributed by atoms with Crippen LogP contribution in [0.2, 0.25) is 5.02 Å². The number of aromatic nitrogens is 3. The first-order chi connectivity index (χ1) is 8.74. The summed E-state index contributed by atoms with van der Waals surface area (Å²) in [4.78, 5) is 0.121. The minimum atomic E-state index is 0. The molecule has 1 heterocycles. The number of benzene rings is 2. The molecule has 1 N–H and O–H groups in total. The number of fused-ring (bicyclic) bond motifs is 1. The third kappa shape index (κ3) is 2.99. The quantitative estimate of drug-likeness (QED) is 0.632. The molecule has 0 saturated carbocycles. The number of nitrogens with one attached hydrogen (secondary N) is 1. The highest BCUT2D eigenvalue weighted by atomic mass is 79.9. The second-order valence-corrected chi connectivity index (χ2v) is 5.34. The van der Waals surface area contributed by atoms with Gasteiger partial charge in [-0.3, -0.25) is 0 Å².